The van der Waals surface area contributed by atoms with E-state index in [1.807, 2.05) is 24.3 Å². The Morgan fingerprint density at radius 3 is 2.85 bits per heavy atom. The Morgan fingerprint density at radius 2 is 2.07 bits per heavy atom. The van der Waals surface area contributed by atoms with E-state index >= 15 is 0 Å². The molecule has 0 spiro atoms. The Labute approximate surface area is 161 Å². The van der Waals surface area contributed by atoms with Crippen LogP contribution in [0.2, 0.25) is 0 Å². The number of esters is 1. The van der Waals surface area contributed by atoms with Gasteiger partial charge in [-0.3, -0.25) is 10.1 Å². The molecule has 0 unspecified atom stereocenters. The van der Waals surface area contributed by atoms with Crippen molar-refractivity contribution in [3.63, 3.8) is 0 Å². The second-order valence-electron chi connectivity index (χ2n) is 5.28. The lowest BCUT2D eigenvalue weighted by molar-refractivity contribution is -0.385. The molecule has 0 atom stereocenters. The minimum atomic E-state index is -0.685. The van der Waals surface area contributed by atoms with Crippen LogP contribution in [-0.4, -0.2) is 21.0 Å². The topological polar surface area (TPSA) is 108 Å². The summed E-state index contributed by atoms with van der Waals surface area (Å²) in [6.45, 7) is -0.207. The summed E-state index contributed by atoms with van der Waals surface area (Å²) in [6, 6.07) is 13.4. The zero-order chi connectivity index (χ0) is 19.2. The third-order valence-electron chi connectivity index (χ3n) is 3.42. The minimum absolute atomic E-state index is 0.0999. The molecule has 1 aromatic heterocycles. The quantitative estimate of drug-likeness (QED) is 0.250. The van der Waals surface area contributed by atoms with Crippen LogP contribution >= 0.6 is 15.9 Å². The van der Waals surface area contributed by atoms with Crippen LogP contribution in [0.5, 0.6) is 0 Å². The summed E-state index contributed by atoms with van der Waals surface area (Å²) in [4.78, 5) is 26.4. The average molecular weight is 430 g/mol. The van der Waals surface area contributed by atoms with Crippen LogP contribution in [0.25, 0.3) is 17.5 Å². The molecule has 3 rings (SSSR count). The highest BCUT2D eigenvalue weighted by molar-refractivity contribution is 9.10. The van der Waals surface area contributed by atoms with Gasteiger partial charge in [-0.05, 0) is 24.3 Å². The van der Waals surface area contributed by atoms with Gasteiger partial charge in [0, 0.05) is 22.2 Å². The van der Waals surface area contributed by atoms with Crippen molar-refractivity contribution in [1.82, 2.24) is 10.1 Å². The fraction of sp³-hybridized carbons (Fsp3) is 0.0556. The number of halogens is 1. The van der Waals surface area contributed by atoms with E-state index in [1.54, 1.807) is 12.1 Å². The van der Waals surface area contributed by atoms with Gasteiger partial charge in [0.2, 0.25) is 5.82 Å². The number of benzene rings is 2. The maximum atomic E-state index is 11.8. The summed E-state index contributed by atoms with van der Waals surface area (Å²) >= 11 is 3.36. The summed E-state index contributed by atoms with van der Waals surface area (Å²) in [6.07, 6.45) is 2.43. The zero-order valence-corrected chi connectivity index (χ0v) is 15.3. The Hall–Kier alpha value is -3.33. The molecule has 0 saturated carbocycles. The molecule has 0 bridgehead atoms. The van der Waals surface area contributed by atoms with Gasteiger partial charge in [-0.2, -0.15) is 4.98 Å². The standard InChI is InChI=1S/C18H12BrN3O5/c19-14-6-3-5-13(10-14)18-20-16(27-21-18)11-26-17(23)9-8-12-4-1-2-7-15(12)22(24)25/h1-10H,11H2/b9-8+. The van der Waals surface area contributed by atoms with Gasteiger partial charge in [0.05, 0.1) is 10.5 Å². The van der Waals surface area contributed by atoms with E-state index in [2.05, 4.69) is 26.1 Å². The third kappa shape index (κ3) is 4.85. The van der Waals surface area contributed by atoms with Crippen LogP contribution < -0.4 is 0 Å². The average Bonchev–Trinajstić information content (AvgIpc) is 3.14. The lowest BCUT2D eigenvalue weighted by atomic mass is 10.1. The Balaban J connectivity index is 1.61. The molecule has 0 aliphatic heterocycles. The van der Waals surface area contributed by atoms with Gasteiger partial charge in [-0.15, -0.1) is 0 Å². The van der Waals surface area contributed by atoms with Crippen LogP contribution in [0.15, 0.2) is 63.6 Å². The number of nitrogens with zero attached hydrogens (tertiary/aromatic N) is 3. The molecule has 136 valence electrons. The number of aromatic nitrogens is 2. The summed E-state index contributed by atoms with van der Waals surface area (Å²) in [5, 5.41) is 14.8. The molecule has 0 amide bonds. The Bertz CT molecular complexity index is 1020. The normalized spacial score (nSPS) is 10.9. The van der Waals surface area contributed by atoms with Crippen molar-refractivity contribution in [1.29, 1.82) is 0 Å². The van der Waals surface area contributed by atoms with Gasteiger partial charge in [-0.1, -0.05) is 45.4 Å². The van der Waals surface area contributed by atoms with Gasteiger partial charge in [-0.25, -0.2) is 4.79 Å². The van der Waals surface area contributed by atoms with Crippen molar-refractivity contribution in [3.05, 3.63) is 80.6 Å². The Morgan fingerprint density at radius 1 is 1.26 bits per heavy atom. The van der Waals surface area contributed by atoms with Crippen LogP contribution in [0.3, 0.4) is 0 Å². The van der Waals surface area contributed by atoms with Gasteiger partial charge >= 0.3 is 5.97 Å². The molecule has 9 heteroatoms. The number of hydrogen-bond donors (Lipinski definition) is 0. The highest BCUT2D eigenvalue weighted by atomic mass is 79.9. The van der Waals surface area contributed by atoms with Gasteiger partial charge in [0.15, 0.2) is 6.61 Å². The number of para-hydroxylation sites is 1. The number of rotatable bonds is 6. The van der Waals surface area contributed by atoms with E-state index in [1.165, 1.54) is 18.2 Å². The molecule has 2 aromatic carbocycles. The molecular weight excluding hydrogens is 418 g/mol. The molecule has 0 aliphatic carbocycles. The second kappa shape index (κ2) is 8.37. The highest BCUT2D eigenvalue weighted by Gasteiger charge is 2.12. The summed E-state index contributed by atoms with van der Waals surface area (Å²) < 4.78 is 11.0. The molecule has 3 aromatic rings. The number of nitro benzene ring substituents is 1. The molecule has 0 aliphatic rings. The Kier molecular flexibility index (Phi) is 5.72. The number of carbonyl (C=O) groups excluding carboxylic acids is 1. The van der Waals surface area contributed by atoms with Gasteiger partial charge < -0.3 is 9.26 Å². The molecule has 0 fully saturated rings. The van der Waals surface area contributed by atoms with E-state index in [0.717, 1.165) is 16.1 Å². The van der Waals surface area contributed by atoms with E-state index in [9.17, 15) is 14.9 Å². The maximum Gasteiger partial charge on any atom is 0.331 e. The van der Waals surface area contributed by atoms with Crippen molar-refractivity contribution in [3.8, 4) is 11.4 Å². The van der Waals surface area contributed by atoms with Crippen molar-refractivity contribution in [2.24, 2.45) is 0 Å². The zero-order valence-electron chi connectivity index (χ0n) is 13.7. The first-order valence-corrected chi connectivity index (χ1v) is 8.49. The van der Waals surface area contributed by atoms with E-state index in [-0.39, 0.29) is 18.2 Å². The van der Waals surface area contributed by atoms with Crippen LogP contribution in [0.4, 0.5) is 5.69 Å². The molecule has 0 saturated heterocycles. The van der Waals surface area contributed by atoms with E-state index in [0.29, 0.717) is 11.4 Å². The van der Waals surface area contributed by atoms with Crippen LogP contribution in [-0.2, 0) is 16.1 Å². The highest BCUT2D eigenvalue weighted by Crippen LogP contribution is 2.21. The molecule has 1 heterocycles. The first-order valence-electron chi connectivity index (χ1n) is 7.70. The number of ether oxygens (including phenoxy) is 1. The molecule has 0 N–H and O–H groups in total. The minimum Gasteiger partial charge on any atom is -0.452 e. The summed E-state index contributed by atoms with van der Waals surface area (Å²) in [5.41, 5.74) is 0.952. The lowest BCUT2D eigenvalue weighted by Gasteiger charge is -1.98. The first kappa shape index (κ1) is 18.5. The second-order valence-corrected chi connectivity index (χ2v) is 6.19. The van der Waals surface area contributed by atoms with Crippen LogP contribution in [0, 0.1) is 10.1 Å². The number of carbonyl (C=O) groups is 1. The molecule has 27 heavy (non-hydrogen) atoms. The van der Waals surface area contributed by atoms with E-state index in [4.69, 9.17) is 9.26 Å². The van der Waals surface area contributed by atoms with Crippen LogP contribution in [0.1, 0.15) is 11.5 Å². The third-order valence-corrected chi connectivity index (χ3v) is 3.91. The SMILES string of the molecule is O=C(/C=C/c1ccccc1[N+](=O)[O-])OCc1nc(-c2cccc(Br)c2)no1. The summed E-state index contributed by atoms with van der Waals surface area (Å²) in [5.74, 6) is -0.175. The van der Waals surface area contributed by atoms with Crippen molar-refractivity contribution >= 4 is 33.7 Å². The summed E-state index contributed by atoms with van der Waals surface area (Å²) in [7, 11) is 0. The predicted octanol–water partition coefficient (Wildman–Crippen LogP) is 4.16. The van der Waals surface area contributed by atoms with Crippen molar-refractivity contribution in [2.75, 3.05) is 0 Å². The largest absolute Gasteiger partial charge is 0.452 e. The number of hydrogen-bond acceptors (Lipinski definition) is 7. The molecule has 0 radical (unpaired) electrons. The maximum absolute atomic E-state index is 11.8. The molecule has 8 nitrogen and oxygen atoms in total. The smallest absolute Gasteiger partial charge is 0.331 e. The van der Waals surface area contributed by atoms with Gasteiger partial charge in [0.25, 0.3) is 11.6 Å². The first-order chi connectivity index (χ1) is 13.0. The number of nitro groups is 1. The van der Waals surface area contributed by atoms with Crippen molar-refractivity contribution < 1.29 is 19.0 Å². The monoisotopic (exact) mass is 429 g/mol. The predicted molar refractivity (Wildman–Crippen MR) is 99.4 cm³/mol. The van der Waals surface area contributed by atoms with E-state index < -0.39 is 10.9 Å². The fourth-order valence-electron chi connectivity index (χ4n) is 2.19. The van der Waals surface area contributed by atoms with Gasteiger partial charge in [0.1, 0.15) is 0 Å². The fourth-order valence-corrected chi connectivity index (χ4v) is 2.59. The molecular formula is C18H12BrN3O5. The lowest BCUT2D eigenvalue weighted by Crippen LogP contribution is -2.01. The van der Waals surface area contributed by atoms with Crippen molar-refractivity contribution in [2.45, 2.75) is 6.61 Å².